The molecule has 0 aromatic heterocycles. The Morgan fingerprint density at radius 3 is 3.07 bits per heavy atom. The summed E-state index contributed by atoms with van der Waals surface area (Å²) in [5, 5.41) is 3.42. The van der Waals surface area contributed by atoms with Gasteiger partial charge in [-0.15, -0.1) is 0 Å². The molecule has 1 aliphatic heterocycles. The predicted octanol–water partition coefficient (Wildman–Crippen LogP) is 1.47. The Kier molecular flexibility index (Phi) is 3.39. The molecule has 0 saturated carbocycles. The maximum absolute atomic E-state index is 6.12. The number of hydrogen-bond donors (Lipinski definition) is 2. The maximum atomic E-state index is 6.12. The Labute approximate surface area is 91.9 Å². The predicted molar refractivity (Wildman–Crippen MR) is 63.8 cm³/mol. The van der Waals surface area contributed by atoms with Crippen molar-refractivity contribution in [3.8, 4) is 0 Å². The van der Waals surface area contributed by atoms with E-state index in [-0.39, 0.29) is 0 Å². The van der Waals surface area contributed by atoms with Gasteiger partial charge in [-0.25, -0.2) is 0 Å². The van der Waals surface area contributed by atoms with Crippen molar-refractivity contribution in [2.75, 3.05) is 13.1 Å². The summed E-state index contributed by atoms with van der Waals surface area (Å²) in [6.07, 6.45) is 2.21. The summed E-state index contributed by atoms with van der Waals surface area (Å²) in [6.45, 7) is 4.28. The van der Waals surface area contributed by atoms with Gasteiger partial charge < -0.3 is 11.1 Å². The highest BCUT2D eigenvalue weighted by Gasteiger charge is 2.21. The Morgan fingerprint density at radius 2 is 2.33 bits per heavy atom. The lowest BCUT2D eigenvalue weighted by molar-refractivity contribution is 0.324. The molecule has 1 aliphatic rings. The number of benzene rings is 1. The summed E-state index contributed by atoms with van der Waals surface area (Å²) in [6, 6.07) is 9.11. The van der Waals surface area contributed by atoms with Crippen molar-refractivity contribution in [1.29, 1.82) is 0 Å². The van der Waals surface area contributed by atoms with E-state index in [1.807, 2.05) is 0 Å². The van der Waals surface area contributed by atoms with Gasteiger partial charge in [0.05, 0.1) is 0 Å². The first kappa shape index (κ1) is 10.7. The zero-order chi connectivity index (χ0) is 10.7. The van der Waals surface area contributed by atoms with E-state index in [0.717, 1.165) is 25.9 Å². The molecule has 2 unspecified atom stereocenters. The van der Waals surface area contributed by atoms with Crippen LogP contribution in [0.2, 0.25) is 0 Å². The fraction of sp³-hybridized carbons (Fsp3) is 0.538. The molecule has 2 nitrogen and oxygen atoms in total. The smallest absolute Gasteiger partial charge is 0.00945 e. The lowest BCUT2D eigenvalue weighted by atomic mass is 9.88. The minimum atomic E-state index is 0.367. The molecule has 0 radical (unpaired) electrons. The van der Waals surface area contributed by atoms with E-state index in [1.165, 1.54) is 11.1 Å². The lowest BCUT2D eigenvalue weighted by Gasteiger charge is -2.29. The number of rotatable bonds is 2. The third-order valence-corrected chi connectivity index (χ3v) is 3.25. The van der Waals surface area contributed by atoms with Crippen LogP contribution in [0.4, 0.5) is 0 Å². The second-order valence-electron chi connectivity index (χ2n) is 4.61. The molecule has 15 heavy (non-hydrogen) atoms. The largest absolute Gasteiger partial charge is 0.327 e. The molecule has 3 N–H and O–H groups in total. The van der Waals surface area contributed by atoms with Crippen molar-refractivity contribution in [3.05, 3.63) is 35.4 Å². The summed E-state index contributed by atoms with van der Waals surface area (Å²) in [5.41, 5.74) is 8.88. The molecule has 1 aromatic carbocycles. The molecule has 2 heteroatoms. The molecular formula is C13H20N2. The highest BCUT2D eigenvalue weighted by atomic mass is 14.9. The SMILES string of the molecule is Cc1cccc(CC2CNCCC2N)c1. The van der Waals surface area contributed by atoms with E-state index < -0.39 is 0 Å². The van der Waals surface area contributed by atoms with Gasteiger partial charge in [0, 0.05) is 6.04 Å². The van der Waals surface area contributed by atoms with Gasteiger partial charge >= 0.3 is 0 Å². The zero-order valence-corrected chi connectivity index (χ0v) is 9.37. The highest BCUT2D eigenvalue weighted by Crippen LogP contribution is 2.16. The normalized spacial score (nSPS) is 26.5. The minimum Gasteiger partial charge on any atom is -0.327 e. The molecule has 0 amide bonds. The topological polar surface area (TPSA) is 38.0 Å². The summed E-state index contributed by atoms with van der Waals surface area (Å²) in [5.74, 6) is 0.598. The second-order valence-corrected chi connectivity index (χ2v) is 4.61. The van der Waals surface area contributed by atoms with Crippen molar-refractivity contribution in [2.45, 2.75) is 25.8 Å². The van der Waals surface area contributed by atoms with Crippen molar-refractivity contribution in [1.82, 2.24) is 5.32 Å². The van der Waals surface area contributed by atoms with Gasteiger partial charge in [-0.2, -0.15) is 0 Å². The maximum Gasteiger partial charge on any atom is 0.00945 e. The average Bonchev–Trinajstić information content (AvgIpc) is 2.22. The monoisotopic (exact) mass is 204 g/mol. The standard InChI is InChI=1S/C13H20N2/c1-10-3-2-4-11(7-10)8-12-9-15-6-5-13(12)14/h2-4,7,12-13,15H,5-6,8-9,14H2,1H3. The molecule has 1 saturated heterocycles. The van der Waals surface area contributed by atoms with Crippen LogP contribution in [0.1, 0.15) is 17.5 Å². The van der Waals surface area contributed by atoms with Gasteiger partial charge in [-0.3, -0.25) is 0 Å². The van der Waals surface area contributed by atoms with Gasteiger partial charge in [0.25, 0.3) is 0 Å². The van der Waals surface area contributed by atoms with Crippen LogP contribution in [0.15, 0.2) is 24.3 Å². The molecule has 1 heterocycles. The first-order chi connectivity index (χ1) is 7.25. The van der Waals surface area contributed by atoms with E-state index in [4.69, 9.17) is 5.73 Å². The quantitative estimate of drug-likeness (QED) is 0.765. The molecule has 2 rings (SSSR count). The fourth-order valence-corrected chi connectivity index (χ4v) is 2.31. The Balaban J connectivity index is 2.01. The van der Waals surface area contributed by atoms with Crippen LogP contribution in [0.25, 0.3) is 0 Å². The van der Waals surface area contributed by atoms with Crippen LogP contribution in [0.3, 0.4) is 0 Å². The van der Waals surface area contributed by atoms with Crippen LogP contribution in [-0.2, 0) is 6.42 Å². The van der Waals surface area contributed by atoms with Gasteiger partial charge in [0.1, 0.15) is 0 Å². The van der Waals surface area contributed by atoms with E-state index >= 15 is 0 Å². The van der Waals surface area contributed by atoms with Crippen molar-refractivity contribution >= 4 is 0 Å². The van der Waals surface area contributed by atoms with Crippen LogP contribution in [-0.4, -0.2) is 19.1 Å². The van der Waals surface area contributed by atoms with Gasteiger partial charge in [-0.1, -0.05) is 29.8 Å². The first-order valence-corrected chi connectivity index (χ1v) is 5.77. The molecule has 0 spiro atoms. The summed E-state index contributed by atoms with van der Waals surface area (Å²) < 4.78 is 0. The molecule has 1 aromatic rings. The molecule has 0 aliphatic carbocycles. The molecule has 82 valence electrons. The Hall–Kier alpha value is -0.860. The third kappa shape index (κ3) is 2.80. The Bertz CT molecular complexity index is 322. The molecular weight excluding hydrogens is 184 g/mol. The lowest BCUT2D eigenvalue weighted by Crippen LogP contribution is -2.45. The fourth-order valence-electron chi connectivity index (χ4n) is 2.31. The zero-order valence-electron chi connectivity index (χ0n) is 9.37. The summed E-state index contributed by atoms with van der Waals surface area (Å²) in [7, 11) is 0. The number of piperidine rings is 1. The van der Waals surface area contributed by atoms with Crippen molar-refractivity contribution < 1.29 is 0 Å². The summed E-state index contributed by atoms with van der Waals surface area (Å²) in [4.78, 5) is 0. The van der Waals surface area contributed by atoms with Crippen molar-refractivity contribution in [3.63, 3.8) is 0 Å². The molecule has 1 fully saturated rings. The third-order valence-electron chi connectivity index (χ3n) is 3.25. The Morgan fingerprint density at radius 1 is 1.47 bits per heavy atom. The van der Waals surface area contributed by atoms with Gasteiger partial charge in [0.2, 0.25) is 0 Å². The van der Waals surface area contributed by atoms with E-state index in [0.29, 0.717) is 12.0 Å². The average molecular weight is 204 g/mol. The van der Waals surface area contributed by atoms with Crippen LogP contribution >= 0.6 is 0 Å². The van der Waals surface area contributed by atoms with Crippen LogP contribution < -0.4 is 11.1 Å². The number of nitrogens with two attached hydrogens (primary N) is 1. The second kappa shape index (κ2) is 4.77. The van der Waals surface area contributed by atoms with Gasteiger partial charge in [0.15, 0.2) is 0 Å². The number of nitrogens with one attached hydrogen (secondary N) is 1. The van der Waals surface area contributed by atoms with Crippen LogP contribution in [0, 0.1) is 12.8 Å². The summed E-state index contributed by atoms with van der Waals surface area (Å²) >= 11 is 0. The van der Waals surface area contributed by atoms with E-state index in [1.54, 1.807) is 0 Å². The molecule has 2 atom stereocenters. The molecule has 0 bridgehead atoms. The van der Waals surface area contributed by atoms with Gasteiger partial charge in [-0.05, 0) is 44.3 Å². The highest BCUT2D eigenvalue weighted by molar-refractivity contribution is 5.22. The minimum absolute atomic E-state index is 0.367. The van der Waals surface area contributed by atoms with E-state index in [9.17, 15) is 0 Å². The first-order valence-electron chi connectivity index (χ1n) is 5.77. The van der Waals surface area contributed by atoms with Crippen molar-refractivity contribution in [2.24, 2.45) is 11.7 Å². The number of aryl methyl sites for hydroxylation is 1. The number of hydrogen-bond acceptors (Lipinski definition) is 2. The van der Waals surface area contributed by atoms with Crippen LogP contribution in [0.5, 0.6) is 0 Å². The van der Waals surface area contributed by atoms with E-state index in [2.05, 4.69) is 36.5 Å².